The summed E-state index contributed by atoms with van der Waals surface area (Å²) in [7, 11) is 0. The van der Waals surface area contributed by atoms with Gasteiger partial charge < -0.3 is 4.90 Å². The molecule has 0 amide bonds. The summed E-state index contributed by atoms with van der Waals surface area (Å²) in [5.41, 5.74) is 26.0. The van der Waals surface area contributed by atoms with E-state index in [4.69, 9.17) is 0 Å². The van der Waals surface area contributed by atoms with Crippen LogP contribution in [0.25, 0.3) is 55.6 Å². The van der Waals surface area contributed by atoms with Crippen LogP contribution in [-0.2, 0) is 17.3 Å². The summed E-state index contributed by atoms with van der Waals surface area (Å²) in [5.74, 6) is 0.304. The van der Waals surface area contributed by atoms with Crippen molar-refractivity contribution >= 4 is 17.1 Å². The highest BCUT2D eigenvalue weighted by molar-refractivity contribution is 5.98. The van der Waals surface area contributed by atoms with Gasteiger partial charge in [-0.1, -0.05) is 185 Å². The van der Waals surface area contributed by atoms with E-state index in [2.05, 4.69) is 239 Å². The fraction of sp³-hybridized carbons (Fsp3) is 0.143. The Morgan fingerprint density at radius 3 is 1.66 bits per heavy atom. The maximum atomic E-state index is 2.55. The lowest BCUT2D eigenvalue weighted by molar-refractivity contribution is 0.652. The quantitative estimate of drug-likeness (QED) is 0.161. The molecular weight excluding hydrogens is 771 g/mol. The Balaban J connectivity index is 1.03. The van der Waals surface area contributed by atoms with Crippen LogP contribution in [0.4, 0.5) is 17.1 Å². The van der Waals surface area contributed by atoms with Crippen LogP contribution in [0.15, 0.2) is 206 Å². The molecule has 1 heteroatoms. The third-order valence-corrected chi connectivity index (χ3v) is 14.9. The molecule has 0 aromatic heterocycles. The van der Waals surface area contributed by atoms with Gasteiger partial charge in [-0.25, -0.2) is 0 Å². The molecule has 0 aliphatic heterocycles. The van der Waals surface area contributed by atoms with Crippen LogP contribution in [0.1, 0.15) is 79.0 Å². The number of rotatable bonds is 6. The molecule has 3 aliphatic rings. The average molecular weight is 822 g/mol. The summed E-state index contributed by atoms with van der Waals surface area (Å²) in [6.07, 6.45) is 2.13. The topological polar surface area (TPSA) is 3.24 Å². The second kappa shape index (κ2) is 14.7. The van der Waals surface area contributed by atoms with Crippen LogP contribution in [0.2, 0.25) is 0 Å². The van der Waals surface area contributed by atoms with E-state index in [1.165, 1.54) is 94.6 Å². The van der Waals surface area contributed by atoms with Crippen LogP contribution >= 0.6 is 0 Å². The van der Waals surface area contributed by atoms with E-state index < -0.39 is 0 Å². The molecule has 1 unspecified atom stereocenters. The number of hydrogen-bond donors (Lipinski definition) is 0. The van der Waals surface area contributed by atoms with Crippen LogP contribution in [0.3, 0.4) is 0 Å². The number of aryl methyl sites for hydroxylation is 1. The predicted octanol–water partition coefficient (Wildman–Crippen LogP) is 16.8. The monoisotopic (exact) mass is 821 g/mol. The zero-order chi connectivity index (χ0) is 43.2. The first-order valence-electron chi connectivity index (χ1n) is 23.0. The van der Waals surface area contributed by atoms with Crippen molar-refractivity contribution in [3.8, 4) is 55.6 Å². The van der Waals surface area contributed by atoms with Crippen molar-refractivity contribution in [2.24, 2.45) is 0 Å². The smallest absolute Gasteiger partial charge is 0.0471 e. The normalized spacial score (nSPS) is 15.8. The number of anilines is 3. The van der Waals surface area contributed by atoms with Crippen LogP contribution in [-0.4, -0.2) is 0 Å². The van der Waals surface area contributed by atoms with Gasteiger partial charge in [0.05, 0.1) is 0 Å². The molecule has 64 heavy (non-hydrogen) atoms. The molecule has 0 N–H and O–H groups in total. The Morgan fingerprint density at radius 1 is 0.375 bits per heavy atom. The highest BCUT2D eigenvalue weighted by Gasteiger charge is 2.43. The van der Waals surface area contributed by atoms with E-state index >= 15 is 0 Å². The third kappa shape index (κ3) is 5.98. The summed E-state index contributed by atoms with van der Waals surface area (Å²) >= 11 is 0. The Labute approximate surface area is 378 Å². The van der Waals surface area contributed by atoms with Gasteiger partial charge in [-0.2, -0.15) is 0 Å². The van der Waals surface area contributed by atoms with Crippen LogP contribution < -0.4 is 4.90 Å². The molecule has 0 radical (unpaired) electrons. The molecule has 0 spiro atoms. The Bertz CT molecular complexity index is 3240. The first-order valence-corrected chi connectivity index (χ1v) is 23.0. The van der Waals surface area contributed by atoms with Crippen molar-refractivity contribution in [1.82, 2.24) is 0 Å². The van der Waals surface area contributed by atoms with E-state index in [-0.39, 0.29) is 10.8 Å². The Hall–Kier alpha value is -7.22. The van der Waals surface area contributed by atoms with Crippen LogP contribution in [0, 0.1) is 0 Å². The molecule has 0 fully saturated rings. The van der Waals surface area contributed by atoms with Gasteiger partial charge in [0.1, 0.15) is 0 Å². The molecule has 9 aromatic rings. The van der Waals surface area contributed by atoms with Gasteiger partial charge in [0.15, 0.2) is 0 Å². The zero-order valence-corrected chi connectivity index (χ0v) is 37.1. The zero-order valence-electron chi connectivity index (χ0n) is 37.1. The summed E-state index contributed by atoms with van der Waals surface area (Å²) in [6.45, 7) is 9.66. The van der Waals surface area contributed by atoms with Crippen molar-refractivity contribution in [1.29, 1.82) is 0 Å². The maximum Gasteiger partial charge on any atom is 0.0471 e. The lowest BCUT2D eigenvalue weighted by Gasteiger charge is -2.30. The largest absolute Gasteiger partial charge is 0.310 e. The van der Waals surface area contributed by atoms with E-state index in [1.807, 2.05) is 0 Å². The summed E-state index contributed by atoms with van der Waals surface area (Å²) in [5, 5.41) is 0. The van der Waals surface area contributed by atoms with Crippen LogP contribution in [0.5, 0.6) is 0 Å². The predicted molar refractivity (Wildman–Crippen MR) is 269 cm³/mol. The minimum atomic E-state index is -0.238. The summed E-state index contributed by atoms with van der Waals surface area (Å²) in [6, 6.07) is 77.5. The molecule has 308 valence electrons. The van der Waals surface area contributed by atoms with Gasteiger partial charge in [-0.15, -0.1) is 0 Å². The molecule has 9 aromatic carbocycles. The molecule has 0 saturated heterocycles. The SMILES string of the molecule is CC1(C)c2ccccc2-c2cc3c(cc21)-c1c(-c2ccccc2)cc(N(c2ccc(-c4ccccc4)cc2)c2ccc(C4CCc5ccccc5-c5ccccc54)cc2)cc1C3(C)C. The van der Waals surface area contributed by atoms with Gasteiger partial charge >= 0.3 is 0 Å². The van der Waals surface area contributed by atoms with Crippen molar-refractivity contribution in [3.63, 3.8) is 0 Å². The van der Waals surface area contributed by atoms with Gasteiger partial charge in [0, 0.05) is 33.8 Å². The Kier molecular flexibility index (Phi) is 8.82. The molecule has 1 nitrogen and oxygen atoms in total. The van der Waals surface area contributed by atoms with E-state index in [0.717, 1.165) is 29.9 Å². The van der Waals surface area contributed by atoms with Crippen molar-refractivity contribution in [2.45, 2.75) is 57.3 Å². The van der Waals surface area contributed by atoms with Crippen molar-refractivity contribution < 1.29 is 0 Å². The fourth-order valence-corrected chi connectivity index (χ4v) is 11.6. The summed E-state index contributed by atoms with van der Waals surface area (Å²) < 4.78 is 0. The first kappa shape index (κ1) is 38.5. The first-order chi connectivity index (χ1) is 31.3. The molecular formula is C63H51N. The number of hydrogen-bond acceptors (Lipinski definition) is 1. The second-order valence-corrected chi connectivity index (χ2v) is 19.2. The minimum absolute atomic E-state index is 0.0849. The standard InChI is InChI=1S/C63H51N/c1-62(2)57-26-16-15-25-53(57)55-39-59-56(40-58(55)62)61-54(43-19-9-6-10-20-43)37-48(38-60(61)63(59,3)4)64(46-32-27-42(28-33-46)41-17-7-5-8-18-41)47-34-29-45(30-35-47)50-36-31-44-21-11-12-22-49(44)51-23-13-14-24-52(50)51/h5-30,32-35,37-40,50H,31,36H2,1-4H3. The van der Waals surface area contributed by atoms with E-state index in [1.54, 1.807) is 0 Å². The fourth-order valence-electron chi connectivity index (χ4n) is 11.6. The maximum absolute atomic E-state index is 2.55. The lowest BCUT2D eigenvalue weighted by atomic mass is 9.79. The number of nitrogens with zero attached hydrogens (tertiary/aromatic N) is 1. The number of fused-ring (bicyclic) bond motifs is 9. The third-order valence-electron chi connectivity index (χ3n) is 14.9. The van der Waals surface area contributed by atoms with E-state index in [0.29, 0.717) is 5.92 Å². The summed E-state index contributed by atoms with van der Waals surface area (Å²) in [4.78, 5) is 2.49. The molecule has 3 aliphatic carbocycles. The van der Waals surface area contributed by atoms with Gasteiger partial charge in [-0.05, 0) is 156 Å². The van der Waals surface area contributed by atoms with Crippen molar-refractivity contribution in [2.75, 3.05) is 4.90 Å². The molecule has 0 saturated carbocycles. The molecule has 0 heterocycles. The molecule has 1 atom stereocenters. The van der Waals surface area contributed by atoms with Gasteiger partial charge in [0.25, 0.3) is 0 Å². The average Bonchev–Trinajstić information content (AvgIpc) is 3.61. The number of benzene rings is 9. The molecule has 12 rings (SSSR count). The van der Waals surface area contributed by atoms with E-state index in [9.17, 15) is 0 Å². The lowest BCUT2D eigenvalue weighted by Crippen LogP contribution is -2.17. The highest BCUT2D eigenvalue weighted by Crippen LogP contribution is 2.59. The molecule has 0 bridgehead atoms. The minimum Gasteiger partial charge on any atom is -0.310 e. The Morgan fingerprint density at radius 2 is 0.922 bits per heavy atom. The second-order valence-electron chi connectivity index (χ2n) is 19.2. The van der Waals surface area contributed by atoms with Crippen molar-refractivity contribution in [3.05, 3.63) is 245 Å². The van der Waals surface area contributed by atoms with Gasteiger partial charge in [-0.3, -0.25) is 0 Å². The van der Waals surface area contributed by atoms with Gasteiger partial charge in [0.2, 0.25) is 0 Å². The highest BCUT2D eigenvalue weighted by atomic mass is 15.1.